The van der Waals surface area contributed by atoms with Crippen LogP contribution in [-0.4, -0.2) is 28.1 Å². The van der Waals surface area contributed by atoms with E-state index in [4.69, 9.17) is 16.3 Å². The third kappa shape index (κ3) is 7.53. The lowest BCUT2D eigenvalue weighted by Gasteiger charge is -2.25. The molecule has 1 amide bonds. The van der Waals surface area contributed by atoms with E-state index in [1.807, 2.05) is 0 Å². The Balaban J connectivity index is 1.61. The zero-order valence-corrected chi connectivity index (χ0v) is 28.4. The van der Waals surface area contributed by atoms with Crippen LogP contribution in [0.4, 0.5) is 44.3 Å². The molecule has 0 aromatic heterocycles. The van der Waals surface area contributed by atoms with Crippen LogP contribution in [0, 0.1) is 10.5 Å². The number of nitrogens with zero attached hydrogens (tertiary/aromatic N) is 1. The monoisotopic (exact) mass is 841 g/mol. The van der Waals surface area contributed by atoms with Gasteiger partial charge in [-0.1, -0.05) is 23.7 Å². The number of aryl methyl sites for hydroxylation is 1. The van der Waals surface area contributed by atoms with Gasteiger partial charge in [-0.25, -0.2) is 9.59 Å². The molecule has 0 aliphatic carbocycles. The van der Waals surface area contributed by atoms with Gasteiger partial charge in [0.1, 0.15) is 6.10 Å². The Labute approximate surface area is 296 Å². The summed E-state index contributed by atoms with van der Waals surface area (Å²) in [6.07, 6.45) is -18.0. The van der Waals surface area contributed by atoms with Gasteiger partial charge in [-0.2, -0.15) is 39.5 Å². The first kappa shape index (κ1) is 37.3. The van der Waals surface area contributed by atoms with Crippen molar-refractivity contribution in [2.45, 2.75) is 51.1 Å². The molecule has 0 radical (unpaired) electrons. The zero-order valence-electron chi connectivity index (χ0n) is 25.5. The second-order valence-corrected chi connectivity index (χ2v) is 13.1. The molecule has 0 saturated carbocycles. The van der Waals surface area contributed by atoms with Gasteiger partial charge in [-0.05, 0) is 119 Å². The average molecular weight is 842 g/mol. The molecule has 0 bridgehead atoms. The summed E-state index contributed by atoms with van der Waals surface area (Å²) >= 11 is 8.26. The van der Waals surface area contributed by atoms with E-state index in [0.717, 1.165) is 17.0 Å². The van der Waals surface area contributed by atoms with Crippen molar-refractivity contribution < 1.29 is 58.9 Å². The smallest absolute Gasteiger partial charge is 0.416 e. The Kier molecular flexibility index (Phi) is 9.90. The molecule has 50 heavy (non-hydrogen) atoms. The van der Waals surface area contributed by atoms with Crippen LogP contribution < -0.4 is 0 Å². The highest BCUT2D eigenvalue weighted by molar-refractivity contribution is 14.1. The van der Waals surface area contributed by atoms with Crippen molar-refractivity contribution in [3.05, 3.63) is 114 Å². The van der Waals surface area contributed by atoms with Crippen molar-refractivity contribution in [1.29, 1.82) is 0 Å². The van der Waals surface area contributed by atoms with Crippen molar-refractivity contribution in [2.75, 3.05) is 0 Å². The number of rotatable bonds is 6. The molecule has 1 aliphatic heterocycles. The minimum atomic E-state index is -5.17. The number of ether oxygens (including phenoxy) is 1. The van der Waals surface area contributed by atoms with Gasteiger partial charge in [0.15, 0.2) is 0 Å². The maximum Gasteiger partial charge on any atom is 0.416 e. The van der Waals surface area contributed by atoms with E-state index in [9.17, 15) is 54.2 Å². The molecule has 16 heteroatoms. The SMILES string of the molecule is Cc1cc(C(=O)O)ccc1-c1ccc(Cl)c(-c2c(I)cc(C(F)(F)F)cc2CN2C(=O)O[C@H](c3cc(C(F)(F)F)cc(C(F)(F)F)c3)[C@@H]2C)c1. The van der Waals surface area contributed by atoms with Gasteiger partial charge in [0.05, 0.1) is 34.8 Å². The maximum absolute atomic E-state index is 14.0. The predicted octanol–water partition coefficient (Wildman–Crippen LogP) is 11.4. The van der Waals surface area contributed by atoms with E-state index in [-0.39, 0.29) is 36.9 Å². The molecule has 1 heterocycles. The number of aromatic carboxylic acids is 1. The van der Waals surface area contributed by atoms with E-state index >= 15 is 0 Å². The summed E-state index contributed by atoms with van der Waals surface area (Å²) in [6.45, 7) is 2.37. The first-order chi connectivity index (χ1) is 23.1. The normalized spacial score (nSPS) is 16.9. The Bertz CT molecular complexity index is 1980. The lowest BCUT2D eigenvalue weighted by Crippen LogP contribution is -2.32. The highest BCUT2D eigenvalue weighted by Crippen LogP contribution is 2.44. The zero-order chi connectivity index (χ0) is 37.1. The number of cyclic esters (lactones) is 1. The van der Waals surface area contributed by atoms with Crippen LogP contribution in [-0.2, 0) is 29.8 Å². The minimum Gasteiger partial charge on any atom is -0.478 e. The number of carboxylic acids is 1. The standard InChI is InChI=1S/C34H22ClF9INO4/c1-15-7-18(30(47)48)3-5-24(15)17-4-6-26(35)25(11-17)28-20(10-23(13-27(28)45)34(42,43)44)14-46-16(2)29(50-31(46)49)19-8-21(32(36,37)38)12-22(9-19)33(39,40)41/h3-13,16,29H,14H2,1-2H3,(H,47,48)/t16-,29-/m0/s1. The highest BCUT2D eigenvalue weighted by Gasteiger charge is 2.44. The Hall–Kier alpha value is -3.99. The molecular weight excluding hydrogens is 820 g/mol. The second kappa shape index (κ2) is 13.3. The fourth-order valence-electron chi connectivity index (χ4n) is 5.74. The molecule has 5 rings (SSSR count). The van der Waals surface area contributed by atoms with Crippen molar-refractivity contribution in [3.63, 3.8) is 0 Å². The molecule has 4 aromatic carbocycles. The Morgan fingerprint density at radius 3 is 1.96 bits per heavy atom. The average Bonchev–Trinajstić information content (AvgIpc) is 3.28. The van der Waals surface area contributed by atoms with E-state index in [0.29, 0.717) is 28.8 Å². The number of carbonyl (C=O) groups is 2. The van der Waals surface area contributed by atoms with Gasteiger partial charge >= 0.3 is 30.6 Å². The number of halogens is 11. The molecular formula is C34H22ClF9INO4. The summed E-state index contributed by atoms with van der Waals surface area (Å²) in [5.74, 6) is -1.15. The first-order valence-electron chi connectivity index (χ1n) is 14.4. The lowest BCUT2D eigenvalue weighted by atomic mass is 9.92. The van der Waals surface area contributed by atoms with Gasteiger partial charge < -0.3 is 9.84 Å². The fraction of sp³-hybridized carbons (Fsp3) is 0.235. The summed E-state index contributed by atoms with van der Waals surface area (Å²) in [7, 11) is 0. The van der Waals surface area contributed by atoms with Crippen LogP contribution in [0.3, 0.4) is 0 Å². The Morgan fingerprint density at radius 1 is 0.840 bits per heavy atom. The summed E-state index contributed by atoms with van der Waals surface area (Å²) in [5, 5.41) is 9.44. The number of hydrogen-bond acceptors (Lipinski definition) is 3. The summed E-state index contributed by atoms with van der Waals surface area (Å²) in [4.78, 5) is 25.5. The first-order valence-corrected chi connectivity index (χ1v) is 15.8. The van der Waals surface area contributed by atoms with E-state index in [1.54, 1.807) is 47.7 Å². The fourth-order valence-corrected chi connectivity index (χ4v) is 6.93. The number of carbonyl (C=O) groups excluding carboxylic acids is 1. The molecule has 4 aromatic rings. The number of alkyl halides is 9. The van der Waals surface area contributed by atoms with Crippen molar-refractivity contribution >= 4 is 46.3 Å². The third-order valence-electron chi connectivity index (χ3n) is 8.19. The topological polar surface area (TPSA) is 66.8 Å². The highest BCUT2D eigenvalue weighted by atomic mass is 127. The van der Waals surface area contributed by atoms with Gasteiger partial charge in [-0.15, -0.1) is 0 Å². The van der Waals surface area contributed by atoms with Gasteiger partial charge in [0, 0.05) is 19.7 Å². The largest absolute Gasteiger partial charge is 0.478 e. The Morgan fingerprint density at radius 2 is 1.42 bits per heavy atom. The van der Waals surface area contributed by atoms with Crippen LogP contribution >= 0.6 is 34.2 Å². The molecule has 1 saturated heterocycles. The molecule has 2 atom stereocenters. The molecule has 1 fully saturated rings. The van der Waals surface area contributed by atoms with Gasteiger partial charge in [0.25, 0.3) is 0 Å². The van der Waals surface area contributed by atoms with Crippen LogP contribution in [0.2, 0.25) is 5.02 Å². The quantitative estimate of drug-likeness (QED) is 0.155. The number of benzene rings is 4. The number of hydrogen-bond donors (Lipinski definition) is 1. The summed E-state index contributed by atoms with van der Waals surface area (Å²) < 4.78 is 129. The van der Waals surface area contributed by atoms with E-state index in [2.05, 4.69) is 0 Å². The minimum absolute atomic E-state index is 0.0321. The third-order valence-corrected chi connectivity index (χ3v) is 9.37. The molecule has 0 unspecified atom stereocenters. The van der Waals surface area contributed by atoms with Crippen molar-refractivity contribution in [1.82, 2.24) is 4.90 Å². The molecule has 1 N–H and O–H groups in total. The number of amides is 1. The number of carboxylic acid groups (broad SMARTS) is 1. The summed E-state index contributed by atoms with van der Waals surface area (Å²) in [6, 6.07) is 10.3. The van der Waals surface area contributed by atoms with Crippen molar-refractivity contribution in [3.8, 4) is 22.3 Å². The van der Waals surface area contributed by atoms with Gasteiger partial charge in [-0.3, -0.25) is 4.90 Å². The van der Waals surface area contributed by atoms with E-state index < -0.39 is 71.5 Å². The van der Waals surface area contributed by atoms with Crippen LogP contribution in [0.5, 0.6) is 0 Å². The molecule has 1 aliphatic rings. The summed E-state index contributed by atoms with van der Waals surface area (Å²) in [5.41, 5.74) is -2.89. The molecule has 5 nitrogen and oxygen atoms in total. The van der Waals surface area contributed by atoms with Crippen molar-refractivity contribution in [2.24, 2.45) is 0 Å². The molecule has 0 spiro atoms. The predicted molar refractivity (Wildman–Crippen MR) is 172 cm³/mol. The van der Waals surface area contributed by atoms with Crippen LogP contribution in [0.15, 0.2) is 66.7 Å². The van der Waals surface area contributed by atoms with Crippen LogP contribution in [0.25, 0.3) is 22.3 Å². The molecule has 264 valence electrons. The van der Waals surface area contributed by atoms with Crippen LogP contribution in [0.1, 0.15) is 56.8 Å². The van der Waals surface area contributed by atoms with Gasteiger partial charge in [0.2, 0.25) is 0 Å². The second-order valence-electron chi connectivity index (χ2n) is 11.5. The maximum atomic E-state index is 14.0. The lowest BCUT2D eigenvalue weighted by molar-refractivity contribution is -0.143. The van der Waals surface area contributed by atoms with E-state index in [1.165, 1.54) is 25.1 Å².